The highest BCUT2D eigenvalue weighted by Gasteiger charge is 2.32. The van der Waals surface area contributed by atoms with E-state index in [1.165, 1.54) is 32.1 Å². The third kappa shape index (κ3) is 7.88. The van der Waals surface area contributed by atoms with Gasteiger partial charge in [-0.05, 0) is 53.4 Å². The molecule has 0 radical (unpaired) electrons. The van der Waals surface area contributed by atoms with E-state index in [-0.39, 0.29) is 11.7 Å². The van der Waals surface area contributed by atoms with Crippen LogP contribution in [0.1, 0.15) is 66.7 Å². The molecule has 1 aliphatic carbocycles. The van der Waals surface area contributed by atoms with E-state index in [0.717, 1.165) is 6.61 Å². The molecular weight excluding hydrogens is 358 g/mol. The third-order valence-corrected chi connectivity index (χ3v) is 5.42. The average molecular weight is 392 g/mol. The molecule has 0 saturated heterocycles. The first kappa shape index (κ1) is 20.8. The number of hydrogen-bond acceptors (Lipinski definition) is 3. The average Bonchev–Trinajstić information content (AvgIpc) is 2.50. The standard InChI is InChI=1S/C18H34BrNO3/c1-6-20(16(21)23-17(2,3)4)14-18(5,13-19)22-12-15-10-8-7-9-11-15/h15H,6-14H2,1-5H3. The predicted octanol–water partition coefficient (Wildman–Crippen LogP) is 4.99. The van der Waals surface area contributed by atoms with Gasteiger partial charge in [0.2, 0.25) is 0 Å². The summed E-state index contributed by atoms with van der Waals surface area (Å²) in [5.41, 5.74) is -0.859. The molecule has 0 aliphatic heterocycles. The van der Waals surface area contributed by atoms with E-state index < -0.39 is 5.60 Å². The third-order valence-electron chi connectivity index (χ3n) is 4.23. The minimum atomic E-state index is -0.474. The normalized spacial score (nSPS) is 19.2. The molecule has 1 unspecified atom stereocenters. The van der Waals surface area contributed by atoms with E-state index in [1.54, 1.807) is 4.90 Å². The Balaban J connectivity index is 2.57. The Morgan fingerprint density at radius 2 is 1.78 bits per heavy atom. The largest absolute Gasteiger partial charge is 0.444 e. The molecule has 1 aliphatic rings. The summed E-state index contributed by atoms with van der Waals surface area (Å²) >= 11 is 3.56. The minimum absolute atomic E-state index is 0.270. The van der Waals surface area contributed by atoms with Crippen LogP contribution in [0.2, 0.25) is 0 Å². The lowest BCUT2D eigenvalue weighted by atomic mass is 9.90. The summed E-state index contributed by atoms with van der Waals surface area (Å²) in [7, 11) is 0. The first-order valence-electron chi connectivity index (χ1n) is 8.87. The molecule has 0 bridgehead atoms. The van der Waals surface area contributed by atoms with Gasteiger partial charge in [-0.1, -0.05) is 35.2 Å². The Hall–Kier alpha value is -0.290. The van der Waals surface area contributed by atoms with Crippen molar-refractivity contribution in [2.24, 2.45) is 5.92 Å². The van der Waals surface area contributed by atoms with E-state index in [0.29, 0.717) is 24.3 Å². The first-order chi connectivity index (χ1) is 10.7. The molecule has 0 heterocycles. The van der Waals surface area contributed by atoms with E-state index >= 15 is 0 Å². The summed E-state index contributed by atoms with van der Waals surface area (Å²) in [5.74, 6) is 0.665. The lowest BCUT2D eigenvalue weighted by molar-refractivity contribution is -0.0580. The van der Waals surface area contributed by atoms with Crippen LogP contribution in [0.3, 0.4) is 0 Å². The number of hydrogen-bond donors (Lipinski definition) is 0. The molecule has 0 aromatic carbocycles. The molecule has 0 aromatic heterocycles. The van der Waals surface area contributed by atoms with Gasteiger partial charge < -0.3 is 14.4 Å². The number of carbonyl (C=O) groups is 1. The molecule has 1 rings (SSSR count). The number of likely N-dealkylation sites (N-methyl/N-ethyl adjacent to an activating group) is 1. The summed E-state index contributed by atoms with van der Waals surface area (Å²) in [4.78, 5) is 14.1. The van der Waals surface area contributed by atoms with Crippen LogP contribution in [0.25, 0.3) is 0 Å². The van der Waals surface area contributed by atoms with Gasteiger partial charge in [0.1, 0.15) is 5.60 Å². The van der Waals surface area contributed by atoms with E-state index in [9.17, 15) is 4.79 Å². The summed E-state index contributed by atoms with van der Waals surface area (Å²) in [6.45, 7) is 11.7. The molecule has 136 valence electrons. The van der Waals surface area contributed by atoms with Crippen molar-refractivity contribution in [3.63, 3.8) is 0 Å². The van der Waals surface area contributed by atoms with Crippen molar-refractivity contribution in [1.82, 2.24) is 4.90 Å². The van der Waals surface area contributed by atoms with Gasteiger partial charge >= 0.3 is 6.09 Å². The van der Waals surface area contributed by atoms with Gasteiger partial charge in [0.05, 0.1) is 18.8 Å². The second kappa shape index (κ2) is 9.26. The van der Waals surface area contributed by atoms with Crippen molar-refractivity contribution in [3.05, 3.63) is 0 Å². The van der Waals surface area contributed by atoms with Crippen LogP contribution in [-0.2, 0) is 9.47 Å². The smallest absolute Gasteiger partial charge is 0.410 e. The van der Waals surface area contributed by atoms with Gasteiger partial charge in [-0.3, -0.25) is 0 Å². The van der Waals surface area contributed by atoms with Crippen LogP contribution < -0.4 is 0 Å². The Labute approximate surface area is 150 Å². The highest BCUT2D eigenvalue weighted by atomic mass is 79.9. The van der Waals surface area contributed by atoms with Crippen molar-refractivity contribution >= 4 is 22.0 Å². The van der Waals surface area contributed by atoms with Gasteiger partial charge in [0.25, 0.3) is 0 Å². The second-order valence-electron chi connectivity index (χ2n) is 7.89. The fraction of sp³-hybridized carbons (Fsp3) is 0.944. The molecule has 23 heavy (non-hydrogen) atoms. The minimum Gasteiger partial charge on any atom is -0.444 e. The van der Waals surface area contributed by atoms with Gasteiger partial charge in [-0.25, -0.2) is 4.79 Å². The molecule has 1 saturated carbocycles. The van der Waals surface area contributed by atoms with Crippen LogP contribution in [-0.4, -0.2) is 47.2 Å². The zero-order chi connectivity index (χ0) is 17.5. The molecule has 0 aromatic rings. The number of rotatable bonds is 7. The Bertz CT molecular complexity index is 364. The fourth-order valence-electron chi connectivity index (χ4n) is 2.83. The topological polar surface area (TPSA) is 38.8 Å². The second-order valence-corrected chi connectivity index (χ2v) is 8.45. The van der Waals surface area contributed by atoms with Crippen LogP contribution in [0, 0.1) is 5.92 Å². The molecule has 1 atom stereocenters. The number of carbonyl (C=O) groups excluding carboxylic acids is 1. The van der Waals surface area contributed by atoms with Crippen LogP contribution in [0.15, 0.2) is 0 Å². The van der Waals surface area contributed by atoms with Crippen LogP contribution in [0.5, 0.6) is 0 Å². The van der Waals surface area contributed by atoms with Crippen LogP contribution >= 0.6 is 15.9 Å². The number of halogens is 1. The van der Waals surface area contributed by atoms with Gasteiger partial charge in [-0.2, -0.15) is 0 Å². The molecule has 1 amide bonds. The van der Waals surface area contributed by atoms with Crippen molar-refractivity contribution in [2.75, 3.05) is 25.0 Å². The lowest BCUT2D eigenvalue weighted by Crippen LogP contribution is -2.48. The zero-order valence-corrected chi connectivity index (χ0v) is 17.1. The fourth-order valence-corrected chi connectivity index (χ4v) is 3.17. The molecule has 5 heteroatoms. The molecule has 0 spiro atoms. The van der Waals surface area contributed by atoms with Gasteiger partial charge in [-0.15, -0.1) is 0 Å². The Kier molecular flexibility index (Phi) is 8.36. The van der Waals surface area contributed by atoms with Crippen molar-refractivity contribution in [2.45, 2.75) is 77.9 Å². The summed E-state index contributed by atoms with van der Waals surface area (Å²) in [5, 5.41) is 0.700. The van der Waals surface area contributed by atoms with Gasteiger partial charge in [0.15, 0.2) is 0 Å². The van der Waals surface area contributed by atoms with E-state index in [1.807, 2.05) is 27.7 Å². The van der Waals surface area contributed by atoms with Crippen molar-refractivity contribution in [1.29, 1.82) is 0 Å². The number of nitrogens with zero attached hydrogens (tertiary/aromatic N) is 1. The number of alkyl halides is 1. The summed E-state index contributed by atoms with van der Waals surface area (Å²) in [6, 6.07) is 0. The van der Waals surface area contributed by atoms with Gasteiger partial charge in [0, 0.05) is 11.9 Å². The van der Waals surface area contributed by atoms with Crippen LogP contribution in [0.4, 0.5) is 4.79 Å². The number of amides is 1. The van der Waals surface area contributed by atoms with E-state index in [4.69, 9.17) is 9.47 Å². The number of ether oxygens (including phenoxy) is 2. The van der Waals surface area contributed by atoms with Crippen molar-refractivity contribution < 1.29 is 14.3 Å². The summed E-state index contributed by atoms with van der Waals surface area (Å²) in [6.07, 6.45) is 6.25. The highest BCUT2D eigenvalue weighted by Crippen LogP contribution is 2.26. The molecule has 0 N–H and O–H groups in total. The highest BCUT2D eigenvalue weighted by molar-refractivity contribution is 9.09. The summed E-state index contributed by atoms with van der Waals surface area (Å²) < 4.78 is 11.7. The molecule has 4 nitrogen and oxygen atoms in total. The SMILES string of the molecule is CCN(CC(C)(CBr)OCC1CCCCC1)C(=O)OC(C)(C)C. The Morgan fingerprint density at radius 1 is 1.17 bits per heavy atom. The molecule has 1 fully saturated rings. The predicted molar refractivity (Wildman–Crippen MR) is 98.2 cm³/mol. The lowest BCUT2D eigenvalue weighted by Gasteiger charge is -2.36. The molecular formula is C18H34BrNO3. The Morgan fingerprint density at radius 3 is 2.26 bits per heavy atom. The maximum Gasteiger partial charge on any atom is 0.410 e. The maximum atomic E-state index is 12.3. The maximum absolute atomic E-state index is 12.3. The van der Waals surface area contributed by atoms with E-state index in [2.05, 4.69) is 22.9 Å². The zero-order valence-electron chi connectivity index (χ0n) is 15.5. The monoisotopic (exact) mass is 391 g/mol. The van der Waals surface area contributed by atoms with Crippen molar-refractivity contribution in [3.8, 4) is 0 Å². The first-order valence-corrected chi connectivity index (χ1v) is 9.99. The quantitative estimate of drug-likeness (QED) is 0.573.